The molecule has 1 heterocycles. The second kappa shape index (κ2) is 7.27. The van der Waals surface area contributed by atoms with Gasteiger partial charge in [0.05, 0.1) is 5.56 Å². The molecule has 0 atom stereocenters. The van der Waals surface area contributed by atoms with Crippen LogP contribution in [-0.2, 0) is 4.89 Å². The molecule has 0 amide bonds. The molecule has 0 radical (unpaired) electrons. The highest BCUT2D eigenvalue weighted by Crippen LogP contribution is 2.46. The van der Waals surface area contributed by atoms with Crippen LogP contribution < -0.4 is 9.62 Å². The summed E-state index contributed by atoms with van der Waals surface area (Å²) in [6.45, 7) is 0. The van der Waals surface area contributed by atoms with Crippen molar-refractivity contribution in [3.8, 4) is 28.7 Å². The lowest BCUT2D eigenvalue weighted by atomic mass is 10.2. The van der Waals surface area contributed by atoms with Crippen LogP contribution >= 0.6 is 0 Å². The van der Waals surface area contributed by atoms with E-state index < -0.39 is 5.97 Å². The predicted molar refractivity (Wildman–Crippen MR) is 88.8 cm³/mol. The smallest absolute Gasteiger partial charge is 0.386 e. The summed E-state index contributed by atoms with van der Waals surface area (Å²) in [5.74, 6) is 1.82. The van der Waals surface area contributed by atoms with Gasteiger partial charge in [0.15, 0.2) is 17.2 Å². The number of hydrogen-bond acceptors (Lipinski definition) is 6. The molecule has 0 aromatic heterocycles. The van der Waals surface area contributed by atoms with Gasteiger partial charge < -0.3 is 14.9 Å². The van der Waals surface area contributed by atoms with Crippen molar-refractivity contribution in [3.05, 3.63) is 78.4 Å². The number of benzene rings is 3. The highest BCUT2D eigenvalue weighted by molar-refractivity contribution is 5.88. The van der Waals surface area contributed by atoms with Crippen LogP contribution in [0.25, 0.3) is 0 Å². The number of aromatic hydroxyl groups is 2. The van der Waals surface area contributed by atoms with Gasteiger partial charge in [-0.2, -0.15) is 0 Å². The third-order valence-electron chi connectivity index (χ3n) is 3.17. The molecular weight excluding hydrogens is 324 g/mol. The van der Waals surface area contributed by atoms with E-state index in [9.17, 15) is 4.79 Å². The van der Waals surface area contributed by atoms with Gasteiger partial charge in [-0.05, 0) is 48.5 Å². The molecule has 0 unspecified atom stereocenters. The first-order valence-corrected chi connectivity index (χ1v) is 7.35. The first-order chi connectivity index (χ1) is 12.1. The summed E-state index contributed by atoms with van der Waals surface area (Å²) in [6, 6.07) is 19.4. The largest absolute Gasteiger partial charge is 0.508 e. The monoisotopic (exact) mass is 338 g/mol. The fraction of sp³-hybridized carbons (Fsp3) is 0. The highest BCUT2D eigenvalue weighted by atomic mass is 17.2. The number of ether oxygens (including phenoxy) is 1. The van der Waals surface area contributed by atoms with E-state index in [1.165, 1.54) is 24.3 Å². The van der Waals surface area contributed by atoms with Gasteiger partial charge in [-0.25, -0.2) is 9.68 Å². The molecule has 0 bridgehead atoms. The fourth-order valence-corrected chi connectivity index (χ4v) is 1.86. The SMILES string of the molecule is O=C(OOc1ccc2c(c1)O2)c1ccccc1.Oc1ccc(O)cc1. The first kappa shape index (κ1) is 16.2. The van der Waals surface area contributed by atoms with Crippen LogP contribution in [0.4, 0.5) is 0 Å². The topological polar surface area (TPSA) is 88.5 Å². The number of carbonyl (C=O) groups is 1. The van der Waals surface area contributed by atoms with Crippen molar-refractivity contribution >= 4 is 5.97 Å². The van der Waals surface area contributed by atoms with E-state index in [2.05, 4.69) is 0 Å². The molecule has 0 saturated carbocycles. The minimum atomic E-state index is -0.531. The van der Waals surface area contributed by atoms with Crippen molar-refractivity contribution in [1.82, 2.24) is 0 Å². The maximum Gasteiger partial charge on any atom is 0.386 e. The van der Waals surface area contributed by atoms with E-state index in [0.29, 0.717) is 11.3 Å². The summed E-state index contributed by atoms with van der Waals surface area (Å²) in [7, 11) is 0. The van der Waals surface area contributed by atoms with E-state index in [-0.39, 0.29) is 11.5 Å². The van der Waals surface area contributed by atoms with Gasteiger partial charge in [-0.3, -0.25) is 4.89 Å². The summed E-state index contributed by atoms with van der Waals surface area (Å²) < 4.78 is 5.05. The molecule has 6 heteroatoms. The zero-order valence-corrected chi connectivity index (χ0v) is 13.0. The van der Waals surface area contributed by atoms with Crippen molar-refractivity contribution in [3.63, 3.8) is 0 Å². The number of carbonyl (C=O) groups excluding carboxylic acids is 1. The average Bonchev–Trinajstić information content (AvgIpc) is 3.42. The highest BCUT2D eigenvalue weighted by Gasteiger charge is 2.20. The quantitative estimate of drug-likeness (QED) is 0.254. The van der Waals surface area contributed by atoms with Gasteiger partial charge in [0.2, 0.25) is 0 Å². The second-order valence-corrected chi connectivity index (χ2v) is 5.05. The first-order valence-electron chi connectivity index (χ1n) is 7.35. The Hall–Kier alpha value is -3.67. The molecule has 126 valence electrons. The van der Waals surface area contributed by atoms with Gasteiger partial charge in [0, 0.05) is 6.07 Å². The van der Waals surface area contributed by atoms with Crippen LogP contribution in [0.15, 0.2) is 72.8 Å². The maximum absolute atomic E-state index is 11.5. The second-order valence-electron chi connectivity index (χ2n) is 5.05. The third kappa shape index (κ3) is 4.65. The minimum absolute atomic E-state index is 0.169. The van der Waals surface area contributed by atoms with E-state index in [1.807, 2.05) is 6.07 Å². The Morgan fingerprint density at radius 1 is 0.800 bits per heavy atom. The van der Waals surface area contributed by atoms with Crippen molar-refractivity contribution in [2.45, 2.75) is 0 Å². The van der Waals surface area contributed by atoms with Crippen LogP contribution in [0.5, 0.6) is 28.7 Å². The summed E-state index contributed by atoms with van der Waals surface area (Å²) in [5, 5.41) is 17.3. The lowest BCUT2D eigenvalue weighted by Crippen LogP contribution is -2.07. The van der Waals surface area contributed by atoms with E-state index >= 15 is 0 Å². The lowest BCUT2D eigenvalue weighted by molar-refractivity contribution is -0.149. The van der Waals surface area contributed by atoms with Crippen LogP contribution in [0.1, 0.15) is 10.4 Å². The van der Waals surface area contributed by atoms with Crippen molar-refractivity contribution in [2.24, 2.45) is 0 Å². The molecule has 1 aliphatic rings. The standard InChI is InChI=1S/C13H8O4.C6H6O2/c14-13(9-4-2-1-3-5-9)17-16-10-6-7-11-12(8-10)15-11;7-5-1-2-6(8)4-3-5/h1-8H;1-4,7-8H. The van der Waals surface area contributed by atoms with Crippen LogP contribution in [0.2, 0.25) is 0 Å². The molecule has 0 aliphatic carbocycles. The third-order valence-corrected chi connectivity index (χ3v) is 3.17. The van der Waals surface area contributed by atoms with E-state index in [1.54, 1.807) is 42.5 Å². The lowest BCUT2D eigenvalue weighted by Gasteiger charge is -2.02. The number of fused-ring (bicyclic) bond motifs is 1. The molecule has 0 spiro atoms. The molecular formula is C19H14O6. The van der Waals surface area contributed by atoms with Crippen molar-refractivity contribution < 1.29 is 29.5 Å². The number of phenolic OH excluding ortho intramolecular Hbond substituents is 2. The molecule has 3 aromatic carbocycles. The maximum atomic E-state index is 11.5. The zero-order valence-electron chi connectivity index (χ0n) is 13.0. The summed E-state index contributed by atoms with van der Waals surface area (Å²) in [4.78, 5) is 21.1. The Labute approximate surface area is 143 Å². The number of hydrogen-bond donors (Lipinski definition) is 2. The van der Waals surface area contributed by atoms with Gasteiger partial charge in [0.25, 0.3) is 0 Å². The molecule has 0 fully saturated rings. The van der Waals surface area contributed by atoms with Gasteiger partial charge in [0.1, 0.15) is 11.5 Å². The van der Waals surface area contributed by atoms with Gasteiger partial charge in [-0.1, -0.05) is 18.2 Å². The summed E-state index contributed by atoms with van der Waals surface area (Å²) in [5.41, 5.74) is 0.440. The Kier molecular flexibility index (Phi) is 4.71. The Balaban J connectivity index is 0.000000192. The molecule has 3 aromatic rings. The van der Waals surface area contributed by atoms with Gasteiger partial charge >= 0.3 is 5.97 Å². The van der Waals surface area contributed by atoms with Crippen LogP contribution in [-0.4, -0.2) is 16.2 Å². The van der Waals surface area contributed by atoms with E-state index in [4.69, 9.17) is 24.7 Å². The summed E-state index contributed by atoms with van der Waals surface area (Å²) in [6.07, 6.45) is 0. The Bertz CT molecular complexity index is 838. The van der Waals surface area contributed by atoms with Crippen LogP contribution in [0, 0.1) is 0 Å². The molecule has 25 heavy (non-hydrogen) atoms. The minimum Gasteiger partial charge on any atom is -0.508 e. The predicted octanol–water partition coefficient (Wildman–Crippen LogP) is 4.04. The molecule has 4 rings (SSSR count). The number of rotatable bonds is 3. The fourth-order valence-electron chi connectivity index (χ4n) is 1.86. The zero-order chi connectivity index (χ0) is 17.6. The van der Waals surface area contributed by atoms with Crippen LogP contribution in [0.3, 0.4) is 0 Å². The molecule has 0 saturated heterocycles. The molecule has 2 N–H and O–H groups in total. The van der Waals surface area contributed by atoms with Crippen molar-refractivity contribution in [2.75, 3.05) is 0 Å². The Morgan fingerprint density at radius 2 is 1.44 bits per heavy atom. The molecule has 1 aliphatic heterocycles. The van der Waals surface area contributed by atoms with Gasteiger partial charge in [-0.15, -0.1) is 0 Å². The summed E-state index contributed by atoms with van der Waals surface area (Å²) >= 11 is 0. The normalized spacial score (nSPS) is 10.4. The molecule has 6 nitrogen and oxygen atoms in total. The van der Waals surface area contributed by atoms with Crippen molar-refractivity contribution in [1.29, 1.82) is 0 Å². The van der Waals surface area contributed by atoms with E-state index in [0.717, 1.165) is 11.5 Å². The average molecular weight is 338 g/mol. The Morgan fingerprint density at radius 3 is 2.04 bits per heavy atom. The number of phenols is 2.